The molecule has 4 nitrogen and oxygen atoms in total. The molecule has 2 heterocycles. The highest BCUT2D eigenvalue weighted by molar-refractivity contribution is 5.86. The Kier molecular flexibility index (Phi) is 1.45. The molecule has 70 valence electrons. The second kappa shape index (κ2) is 2.64. The lowest BCUT2D eigenvalue weighted by Gasteiger charge is -1.91. The van der Waals surface area contributed by atoms with E-state index in [-0.39, 0.29) is 0 Å². The fourth-order valence-electron chi connectivity index (χ4n) is 1.69. The van der Waals surface area contributed by atoms with Crippen molar-refractivity contribution >= 4 is 23.6 Å². The zero-order valence-electron chi connectivity index (χ0n) is 7.70. The zero-order valence-corrected chi connectivity index (χ0v) is 7.70. The average molecular weight is 186 g/mol. The lowest BCUT2D eigenvalue weighted by molar-refractivity contribution is 1.05. The third-order valence-corrected chi connectivity index (χ3v) is 2.59. The van der Waals surface area contributed by atoms with Gasteiger partial charge in [-0.15, -0.1) is 0 Å². The first-order valence-corrected chi connectivity index (χ1v) is 4.69. The molecule has 0 unspecified atom stereocenters. The first-order chi connectivity index (χ1) is 6.88. The summed E-state index contributed by atoms with van der Waals surface area (Å²) in [7, 11) is 0. The van der Waals surface area contributed by atoms with Crippen LogP contribution in [0.2, 0.25) is 0 Å². The summed E-state index contributed by atoms with van der Waals surface area (Å²) >= 11 is 0. The predicted molar refractivity (Wildman–Crippen MR) is 55.1 cm³/mol. The third-order valence-electron chi connectivity index (χ3n) is 2.59. The van der Waals surface area contributed by atoms with Crippen molar-refractivity contribution in [1.82, 2.24) is 15.0 Å². The van der Waals surface area contributed by atoms with Gasteiger partial charge >= 0.3 is 0 Å². The molecule has 2 aromatic rings. The molecular weight excluding hydrogens is 176 g/mol. The standard InChI is InChI=1S/C10H10N4/c1-11-9-7-4-8(6-2-3-6)14-10(7)13-5-12-9/h4-6H,1-3H2,(H,12,13,14). The summed E-state index contributed by atoms with van der Waals surface area (Å²) in [5.41, 5.74) is 2.12. The lowest BCUT2D eigenvalue weighted by atomic mass is 10.3. The van der Waals surface area contributed by atoms with Crippen molar-refractivity contribution in [2.24, 2.45) is 4.99 Å². The van der Waals surface area contributed by atoms with Gasteiger partial charge in [-0.1, -0.05) is 0 Å². The topological polar surface area (TPSA) is 53.9 Å². The van der Waals surface area contributed by atoms with Gasteiger partial charge in [0, 0.05) is 5.69 Å². The van der Waals surface area contributed by atoms with Gasteiger partial charge in [0.15, 0.2) is 5.82 Å². The minimum atomic E-state index is 0.665. The Balaban J connectivity index is 2.25. The maximum absolute atomic E-state index is 4.17. The Hall–Kier alpha value is -1.71. The Morgan fingerprint density at radius 2 is 2.29 bits per heavy atom. The van der Waals surface area contributed by atoms with E-state index in [4.69, 9.17) is 0 Å². The molecular formula is C10H10N4. The van der Waals surface area contributed by atoms with Crippen LogP contribution in [0.3, 0.4) is 0 Å². The molecule has 2 aromatic heterocycles. The summed E-state index contributed by atoms with van der Waals surface area (Å²) in [5, 5.41) is 0.976. The van der Waals surface area contributed by atoms with E-state index in [2.05, 4.69) is 32.7 Å². The molecule has 0 spiro atoms. The van der Waals surface area contributed by atoms with E-state index in [1.165, 1.54) is 24.9 Å². The van der Waals surface area contributed by atoms with Gasteiger partial charge in [-0.05, 0) is 31.5 Å². The summed E-state index contributed by atoms with van der Waals surface area (Å²) < 4.78 is 0. The highest BCUT2D eigenvalue weighted by atomic mass is 15.0. The molecule has 1 aliphatic rings. The molecule has 1 fully saturated rings. The molecule has 0 aliphatic heterocycles. The Morgan fingerprint density at radius 1 is 1.43 bits per heavy atom. The van der Waals surface area contributed by atoms with Crippen LogP contribution in [0.25, 0.3) is 11.0 Å². The van der Waals surface area contributed by atoms with E-state index >= 15 is 0 Å². The van der Waals surface area contributed by atoms with Crippen molar-refractivity contribution < 1.29 is 0 Å². The van der Waals surface area contributed by atoms with Crippen LogP contribution in [-0.4, -0.2) is 21.7 Å². The molecule has 0 saturated heterocycles. The number of fused-ring (bicyclic) bond motifs is 1. The van der Waals surface area contributed by atoms with Crippen molar-refractivity contribution in [3.05, 3.63) is 18.1 Å². The van der Waals surface area contributed by atoms with Gasteiger partial charge < -0.3 is 4.98 Å². The molecule has 14 heavy (non-hydrogen) atoms. The quantitative estimate of drug-likeness (QED) is 0.731. The highest BCUT2D eigenvalue weighted by Gasteiger charge is 2.25. The van der Waals surface area contributed by atoms with Crippen LogP contribution in [0.1, 0.15) is 24.5 Å². The smallest absolute Gasteiger partial charge is 0.164 e. The van der Waals surface area contributed by atoms with E-state index < -0.39 is 0 Å². The van der Waals surface area contributed by atoms with Crippen LogP contribution in [-0.2, 0) is 0 Å². The minimum Gasteiger partial charge on any atom is -0.343 e. The number of aromatic nitrogens is 3. The van der Waals surface area contributed by atoms with Gasteiger partial charge in [0.05, 0.1) is 5.39 Å². The summed E-state index contributed by atoms with van der Waals surface area (Å²) in [5.74, 6) is 1.36. The summed E-state index contributed by atoms with van der Waals surface area (Å²) in [6, 6.07) is 2.09. The maximum atomic E-state index is 4.17. The van der Waals surface area contributed by atoms with Gasteiger partial charge in [0.25, 0.3) is 0 Å². The Bertz CT molecular complexity index is 496. The van der Waals surface area contributed by atoms with Crippen LogP contribution < -0.4 is 0 Å². The number of aromatic amines is 1. The van der Waals surface area contributed by atoms with Gasteiger partial charge in [-0.3, -0.25) is 0 Å². The molecule has 0 amide bonds. The molecule has 1 saturated carbocycles. The molecule has 0 atom stereocenters. The highest BCUT2D eigenvalue weighted by Crippen LogP contribution is 2.41. The molecule has 1 aliphatic carbocycles. The van der Waals surface area contributed by atoms with Crippen molar-refractivity contribution in [1.29, 1.82) is 0 Å². The van der Waals surface area contributed by atoms with Crippen LogP contribution in [0, 0.1) is 0 Å². The number of nitrogens with one attached hydrogen (secondary N) is 1. The van der Waals surface area contributed by atoms with Crippen molar-refractivity contribution in [3.8, 4) is 0 Å². The average Bonchev–Trinajstić information content (AvgIpc) is 2.97. The number of nitrogens with zero attached hydrogens (tertiary/aromatic N) is 3. The van der Waals surface area contributed by atoms with E-state index in [1.54, 1.807) is 0 Å². The van der Waals surface area contributed by atoms with Crippen LogP contribution in [0.15, 0.2) is 17.4 Å². The molecule has 4 heteroatoms. The van der Waals surface area contributed by atoms with Gasteiger partial charge in [-0.2, -0.15) is 0 Å². The Labute approximate surface area is 81.1 Å². The molecule has 0 aromatic carbocycles. The SMILES string of the molecule is C=Nc1ncnc2[nH]c(C3CC3)cc12. The fourth-order valence-corrected chi connectivity index (χ4v) is 1.69. The van der Waals surface area contributed by atoms with Crippen molar-refractivity contribution in [3.63, 3.8) is 0 Å². The monoisotopic (exact) mass is 186 g/mol. The summed E-state index contributed by atoms with van der Waals surface area (Å²) in [4.78, 5) is 15.4. The van der Waals surface area contributed by atoms with Gasteiger partial charge in [0.1, 0.15) is 12.0 Å². The largest absolute Gasteiger partial charge is 0.343 e. The van der Waals surface area contributed by atoms with Crippen molar-refractivity contribution in [2.45, 2.75) is 18.8 Å². The normalized spacial score (nSPS) is 16.0. The number of rotatable bonds is 2. The number of hydrogen-bond acceptors (Lipinski definition) is 3. The van der Waals surface area contributed by atoms with Gasteiger partial charge in [0.2, 0.25) is 0 Å². The zero-order chi connectivity index (χ0) is 9.54. The molecule has 1 N–H and O–H groups in total. The van der Waals surface area contributed by atoms with Crippen LogP contribution >= 0.6 is 0 Å². The van der Waals surface area contributed by atoms with E-state index in [0.29, 0.717) is 11.7 Å². The van der Waals surface area contributed by atoms with Gasteiger partial charge in [-0.25, -0.2) is 15.0 Å². The summed E-state index contributed by atoms with van der Waals surface area (Å²) in [6.07, 6.45) is 4.06. The second-order valence-corrected chi connectivity index (χ2v) is 3.62. The summed E-state index contributed by atoms with van der Waals surface area (Å²) in [6.45, 7) is 3.50. The van der Waals surface area contributed by atoms with Crippen LogP contribution in [0.5, 0.6) is 0 Å². The predicted octanol–water partition coefficient (Wildman–Crippen LogP) is 2.17. The molecule has 0 radical (unpaired) electrons. The van der Waals surface area contributed by atoms with E-state index in [9.17, 15) is 0 Å². The first kappa shape index (κ1) is 7.67. The molecule has 0 bridgehead atoms. The van der Waals surface area contributed by atoms with E-state index in [0.717, 1.165) is 11.0 Å². The second-order valence-electron chi connectivity index (χ2n) is 3.62. The van der Waals surface area contributed by atoms with Crippen molar-refractivity contribution in [2.75, 3.05) is 0 Å². The van der Waals surface area contributed by atoms with Crippen LogP contribution in [0.4, 0.5) is 5.82 Å². The van der Waals surface area contributed by atoms with E-state index in [1.807, 2.05) is 0 Å². The lowest BCUT2D eigenvalue weighted by Crippen LogP contribution is -1.80. The first-order valence-electron chi connectivity index (χ1n) is 4.69. The number of H-pyrrole nitrogens is 1. The third kappa shape index (κ3) is 1.04. The fraction of sp³-hybridized carbons (Fsp3) is 0.300. The molecule has 3 rings (SSSR count). The minimum absolute atomic E-state index is 0.665. The number of hydrogen-bond donors (Lipinski definition) is 1. The Morgan fingerprint density at radius 3 is 3.00 bits per heavy atom. The number of aliphatic imine (C=N–C) groups is 1. The maximum Gasteiger partial charge on any atom is 0.164 e.